The third kappa shape index (κ3) is 3.96. The van der Waals surface area contributed by atoms with E-state index in [-0.39, 0.29) is 5.57 Å². The molecule has 0 unspecified atom stereocenters. The van der Waals surface area contributed by atoms with Crippen molar-refractivity contribution in [2.45, 2.75) is 20.8 Å². The first-order valence-electron chi connectivity index (χ1n) is 8.60. The Hall–Kier alpha value is -3.65. The van der Waals surface area contributed by atoms with E-state index in [1.54, 1.807) is 30.5 Å². The molecule has 3 aromatic rings. The van der Waals surface area contributed by atoms with Gasteiger partial charge in [-0.2, -0.15) is 5.26 Å². The number of amides is 1. The maximum atomic E-state index is 12.4. The summed E-state index contributed by atoms with van der Waals surface area (Å²) in [6.45, 7) is 6.03. The van der Waals surface area contributed by atoms with Gasteiger partial charge in [-0.3, -0.25) is 4.79 Å². The summed E-state index contributed by atoms with van der Waals surface area (Å²) in [7, 11) is 0. The lowest BCUT2D eigenvalue weighted by Crippen LogP contribution is -2.14. The minimum atomic E-state index is -0.476. The molecule has 5 heteroatoms. The Morgan fingerprint density at radius 2 is 1.89 bits per heavy atom. The molecule has 0 radical (unpaired) electrons. The Morgan fingerprint density at radius 1 is 1.15 bits per heavy atom. The number of pyridine rings is 1. The van der Waals surface area contributed by atoms with Gasteiger partial charge in [-0.1, -0.05) is 23.8 Å². The van der Waals surface area contributed by atoms with Gasteiger partial charge in [-0.25, -0.2) is 4.98 Å². The fraction of sp³-hybridized carbons (Fsp3) is 0.136. The second kappa shape index (κ2) is 7.71. The normalized spacial score (nSPS) is 11.1. The summed E-state index contributed by atoms with van der Waals surface area (Å²) in [5, 5.41) is 12.1. The summed E-state index contributed by atoms with van der Waals surface area (Å²) in [6, 6.07) is 17.4. The highest BCUT2D eigenvalue weighted by atomic mass is 16.1. The highest BCUT2D eigenvalue weighted by molar-refractivity contribution is 6.09. The molecule has 0 spiro atoms. The monoisotopic (exact) mass is 356 g/mol. The SMILES string of the molecule is Cc1ccc(-n2c(C)cc(C=C(C#N)C(=O)Nc3ccccn3)c2C)cc1. The molecule has 0 aliphatic rings. The molecular weight excluding hydrogens is 336 g/mol. The molecule has 0 aliphatic carbocycles. The lowest BCUT2D eigenvalue weighted by Gasteiger charge is -2.10. The molecule has 5 nitrogen and oxygen atoms in total. The van der Waals surface area contributed by atoms with Crippen molar-refractivity contribution in [1.29, 1.82) is 5.26 Å². The molecule has 134 valence electrons. The molecule has 1 aromatic carbocycles. The number of nitrogens with one attached hydrogen (secondary N) is 1. The number of rotatable bonds is 4. The third-order valence-electron chi connectivity index (χ3n) is 4.33. The topological polar surface area (TPSA) is 70.7 Å². The Labute approximate surface area is 158 Å². The molecule has 0 aliphatic heterocycles. The quantitative estimate of drug-likeness (QED) is 0.558. The number of carbonyl (C=O) groups is 1. The van der Waals surface area contributed by atoms with E-state index in [9.17, 15) is 10.1 Å². The van der Waals surface area contributed by atoms with Gasteiger partial charge in [0.05, 0.1) is 0 Å². The van der Waals surface area contributed by atoms with Gasteiger partial charge in [0, 0.05) is 23.3 Å². The summed E-state index contributed by atoms with van der Waals surface area (Å²) in [5.74, 6) is -0.0647. The van der Waals surface area contributed by atoms with Gasteiger partial charge in [-0.05, 0) is 62.7 Å². The van der Waals surface area contributed by atoms with Crippen molar-refractivity contribution < 1.29 is 4.79 Å². The highest BCUT2D eigenvalue weighted by Gasteiger charge is 2.14. The highest BCUT2D eigenvalue weighted by Crippen LogP contribution is 2.23. The minimum absolute atomic E-state index is 0.0322. The van der Waals surface area contributed by atoms with Gasteiger partial charge in [-0.15, -0.1) is 0 Å². The van der Waals surface area contributed by atoms with E-state index in [4.69, 9.17) is 0 Å². The van der Waals surface area contributed by atoms with Gasteiger partial charge >= 0.3 is 0 Å². The van der Waals surface area contributed by atoms with Crippen molar-refractivity contribution >= 4 is 17.8 Å². The standard InChI is InChI=1S/C22H20N4O/c1-15-7-9-20(10-8-15)26-16(2)12-18(17(26)3)13-19(14-23)22(27)25-21-6-4-5-11-24-21/h4-13H,1-3H3,(H,24,25,27). The molecule has 0 saturated heterocycles. The average molecular weight is 356 g/mol. The van der Waals surface area contributed by atoms with Crippen LogP contribution in [0, 0.1) is 32.1 Å². The first kappa shape index (κ1) is 18.2. The van der Waals surface area contributed by atoms with Crippen molar-refractivity contribution in [3.8, 4) is 11.8 Å². The molecule has 3 rings (SSSR count). The van der Waals surface area contributed by atoms with Crippen LogP contribution in [-0.2, 0) is 4.79 Å². The Bertz CT molecular complexity index is 1040. The molecule has 0 fully saturated rings. The van der Waals surface area contributed by atoms with E-state index in [1.807, 2.05) is 32.9 Å². The third-order valence-corrected chi connectivity index (χ3v) is 4.33. The number of anilines is 1. The van der Waals surface area contributed by atoms with Gasteiger partial charge in [0.1, 0.15) is 17.5 Å². The lowest BCUT2D eigenvalue weighted by molar-refractivity contribution is -0.112. The molecule has 0 atom stereocenters. The molecule has 1 N–H and O–H groups in total. The largest absolute Gasteiger partial charge is 0.318 e. The van der Waals surface area contributed by atoms with Crippen LogP contribution in [0.3, 0.4) is 0 Å². The maximum Gasteiger partial charge on any atom is 0.267 e. The molecule has 2 heterocycles. The predicted molar refractivity (Wildman–Crippen MR) is 106 cm³/mol. The van der Waals surface area contributed by atoms with E-state index in [0.717, 1.165) is 22.6 Å². The van der Waals surface area contributed by atoms with E-state index >= 15 is 0 Å². The van der Waals surface area contributed by atoms with E-state index in [0.29, 0.717) is 5.82 Å². The number of benzene rings is 1. The van der Waals surface area contributed by atoms with Gasteiger partial charge in [0.2, 0.25) is 0 Å². The first-order valence-corrected chi connectivity index (χ1v) is 8.60. The number of nitriles is 1. The van der Waals surface area contributed by atoms with Crippen molar-refractivity contribution in [2.75, 3.05) is 5.32 Å². The van der Waals surface area contributed by atoms with Crippen molar-refractivity contribution in [2.24, 2.45) is 0 Å². The number of carbonyl (C=O) groups excluding carboxylic acids is 1. The van der Waals surface area contributed by atoms with Crippen LogP contribution in [0.1, 0.15) is 22.5 Å². The summed E-state index contributed by atoms with van der Waals surface area (Å²) < 4.78 is 2.11. The van der Waals surface area contributed by atoms with Crippen molar-refractivity contribution in [3.05, 3.63) is 82.8 Å². The second-order valence-electron chi connectivity index (χ2n) is 6.34. The molecule has 27 heavy (non-hydrogen) atoms. The molecule has 2 aromatic heterocycles. The zero-order chi connectivity index (χ0) is 19.4. The molecular formula is C22H20N4O. The summed E-state index contributed by atoms with van der Waals surface area (Å²) in [5.41, 5.74) is 5.11. The minimum Gasteiger partial charge on any atom is -0.318 e. The lowest BCUT2D eigenvalue weighted by atomic mass is 10.1. The number of aryl methyl sites for hydroxylation is 2. The zero-order valence-electron chi connectivity index (χ0n) is 15.5. The van der Waals surface area contributed by atoms with Crippen LogP contribution < -0.4 is 5.32 Å². The predicted octanol–water partition coefficient (Wildman–Crippen LogP) is 4.34. The zero-order valence-corrected chi connectivity index (χ0v) is 15.5. The Balaban J connectivity index is 1.93. The number of hydrogen-bond acceptors (Lipinski definition) is 3. The number of hydrogen-bond donors (Lipinski definition) is 1. The van der Waals surface area contributed by atoms with Crippen LogP contribution in [0.5, 0.6) is 0 Å². The van der Waals surface area contributed by atoms with Crippen LogP contribution in [0.25, 0.3) is 11.8 Å². The number of aromatic nitrogens is 2. The van der Waals surface area contributed by atoms with E-state index in [2.05, 4.69) is 39.1 Å². The van der Waals surface area contributed by atoms with Crippen LogP contribution in [0.2, 0.25) is 0 Å². The fourth-order valence-electron chi connectivity index (χ4n) is 2.95. The van der Waals surface area contributed by atoms with Crippen LogP contribution >= 0.6 is 0 Å². The molecule has 0 bridgehead atoms. The summed E-state index contributed by atoms with van der Waals surface area (Å²) in [4.78, 5) is 16.5. The van der Waals surface area contributed by atoms with Gasteiger partial charge in [0.15, 0.2) is 0 Å². The number of nitrogens with zero attached hydrogens (tertiary/aromatic N) is 3. The first-order chi connectivity index (χ1) is 13.0. The second-order valence-corrected chi connectivity index (χ2v) is 6.34. The van der Waals surface area contributed by atoms with Gasteiger partial charge < -0.3 is 9.88 Å². The van der Waals surface area contributed by atoms with Crippen LogP contribution in [-0.4, -0.2) is 15.5 Å². The summed E-state index contributed by atoms with van der Waals surface area (Å²) in [6.07, 6.45) is 3.20. The van der Waals surface area contributed by atoms with Gasteiger partial charge in [0.25, 0.3) is 5.91 Å². The van der Waals surface area contributed by atoms with Crippen molar-refractivity contribution in [1.82, 2.24) is 9.55 Å². The smallest absolute Gasteiger partial charge is 0.267 e. The summed E-state index contributed by atoms with van der Waals surface area (Å²) >= 11 is 0. The van der Waals surface area contributed by atoms with E-state index < -0.39 is 5.91 Å². The Morgan fingerprint density at radius 3 is 2.52 bits per heavy atom. The fourth-order valence-corrected chi connectivity index (χ4v) is 2.95. The van der Waals surface area contributed by atoms with Crippen molar-refractivity contribution in [3.63, 3.8) is 0 Å². The van der Waals surface area contributed by atoms with Crippen LogP contribution in [0.15, 0.2) is 60.3 Å². The average Bonchev–Trinajstić information content (AvgIpc) is 2.94. The maximum absolute atomic E-state index is 12.4. The molecule has 0 saturated carbocycles. The molecule has 1 amide bonds. The Kier molecular flexibility index (Phi) is 5.18. The van der Waals surface area contributed by atoms with E-state index in [1.165, 1.54) is 5.56 Å². The van der Waals surface area contributed by atoms with Crippen LogP contribution in [0.4, 0.5) is 5.82 Å².